The number of nitrogens with zero attached hydrogens (tertiary/aromatic N) is 1. The second-order valence-corrected chi connectivity index (χ2v) is 7.65. The van der Waals surface area contributed by atoms with Gasteiger partial charge in [0.1, 0.15) is 23.9 Å². The molecule has 0 spiro atoms. The van der Waals surface area contributed by atoms with Gasteiger partial charge < -0.3 is 31.8 Å². The van der Waals surface area contributed by atoms with Crippen LogP contribution in [0.3, 0.4) is 0 Å². The molecule has 0 saturated carbocycles. The number of carbonyl (C=O) groups is 1. The summed E-state index contributed by atoms with van der Waals surface area (Å²) >= 11 is 0. The third-order valence-corrected chi connectivity index (χ3v) is 5.36. The number of rotatable bonds is 6. The van der Waals surface area contributed by atoms with E-state index in [1.165, 1.54) is 29.3 Å². The van der Waals surface area contributed by atoms with Gasteiger partial charge in [-0.2, -0.15) is 0 Å². The third-order valence-electron chi connectivity index (χ3n) is 5.36. The lowest BCUT2D eigenvalue weighted by molar-refractivity contribution is 0.100. The Kier molecular flexibility index (Phi) is 7.88. The maximum absolute atomic E-state index is 10.5. The van der Waals surface area contributed by atoms with Crippen molar-refractivity contribution in [3.05, 3.63) is 82.9 Å². The average Bonchev–Trinajstić information content (AvgIpc) is 2.81. The Morgan fingerprint density at radius 3 is 2.48 bits per heavy atom. The number of hydrogen-bond acceptors (Lipinski definition) is 7. The molecule has 172 valence electrons. The van der Waals surface area contributed by atoms with E-state index in [1.807, 2.05) is 0 Å². The van der Waals surface area contributed by atoms with Crippen molar-refractivity contribution in [3.63, 3.8) is 0 Å². The Balaban J connectivity index is 0.000000235. The number of nitrogen functional groups attached to an aromatic ring is 1. The number of anilines is 1. The molecule has 0 atom stereocenters. The van der Waals surface area contributed by atoms with Crippen molar-refractivity contribution in [1.29, 1.82) is 5.41 Å². The number of carbonyl (C=O) groups excluding carboxylic acids is 1. The third kappa shape index (κ3) is 6.47. The Labute approximate surface area is 192 Å². The fraction of sp³-hybridized carbons (Fsp3) is 0.200. The van der Waals surface area contributed by atoms with Gasteiger partial charge in [0.15, 0.2) is 0 Å². The van der Waals surface area contributed by atoms with Gasteiger partial charge >= 0.3 is 0 Å². The summed E-state index contributed by atoms with van der Waals surface area (Å²) in [5.74, 6) is 0.117. The molecule has 1 amide bonds. The van der Waals surface area contributed by atoms with Gasteiger partial charge in [0.25, 0.3) is 0 Å². The summed E-state index contributed by atoms with van der Waals surface area (Å²) in [6, 6.07) is 17.7. The molecule has 33 heavy (non-hydrogen) atoms. The van der Waals surface area contributed by atoms with Gasteiger partial charge in [-0.05, 0) is 47.9 Å². The van der Waals surface area contributed by atoms with Gasteiger partial charge in [0, 0.05) is 43.0 Å². The number of ether oxygens (including phenoxy) is 1. The highest BCUT2D eigenvalue weighted by Gasteiger charge is 2.15. The van der Waals surface area contributed by atoms with Crippen LogP contribution in [0.25, 0.3) is 0 Å². The molecule has 0 bridgehead atoms. The van der Waals surface area contributed by atoms with Gasteiger partial charge in [-0.3, -0.25) is 9.69 Å². The average molecular weight is 449 g/mol. The topological polar surface area (TPSA) is 146 Å². The van der Waals surface area contributed by atoms with E-state index in [9.17, 15) is 9.90 Å². The fourth-order valence-electron chi connectivity index (χ4n) is 3.48. The van der Waals surface area contributed by atoms with Crippen molar-refractivity contribution in [1.82, 2.24) is 4.90 Å². The van der Waals surface area contributed by atoms with Gasteiger partial charge in [0.05, 0.1) is 5.69 Å². The first-order valence-corrected chi connectivity index (χ1v) is 10.5. The highest BCUT2D eigenvalue weighted by Crippen LogP contribution is 2.23. The Hall–Kier alpha value is -4.04. The van der Waals surface area contributed by atoms with Gasteiger partial charge in [0.2, 0.25) is 5.91 Å². The molecule has 3 aromatic rings. The number of nitrogens with one attached hydrogen (secondary N) is 1. The minimum atomic E-state index is -0.559. The number of fused-ring (bicyclic) bond motifs is 1. The maximum atomic E-state index is 10.5. The number of hydrogen-bond donors (Lipinski definition) is 5. The minimum absolute atomic E-state index is 0.0463. The molecule has 7 N–H and O–H groups in total. The number of phenols is 2. The summed E-state index contributed by atoms with van der Waals surface area (Å²) in [6.07, 6.45) is 2.22. The fourth-order valence-corrected chi connectivity index (χ4v) is 3.48. The molecule has 0 aromatic heterocycles. The minimum Gasteiger partial charge on any atom is -0.507 e. The van der Waals surface area contributed by atoms with Crippen molar-refractivity contribution < 1.29 is 19.7 Å². The number of nitrogens with two attached hydrogens (primary N) is 2. The summed E-state index contributed by atoms with van der Waals surface area (Å²) in [5, 5.41) is 25.8. The number of phenolic OH excluding ortho intramolecular Hbond substituents is 2. The van der Waals surface area contributed by atoms with E-state index >= 15 is 0 Å². The van der Waals surface area contributed by atoms with Crippen molar-refractivity contribution in [3.8, 4) is 17.2 Å². The molecule has 0 saturated heterocycles. The second kappa shape index (κ2) is 11.0. The molecular formula is C25H28N4O4. The smallest absolute Gasteiger partial charge is 0.248 e. The van der Waals surface area contributed by atoms with E-state index in [0.717, 1.165) is 32.3 Å². The SMILES string of the molecule is N=Cc1ccc(OCCN2CCc3ccccc3C2)cc1O.NC(=O)c1ccc(O)c(N)c1. The van der Waals surface area contributed by atoms with E-state index in [-0.39, 0.29) is 17.2 Å². The molecule has 8 heteroatoms. The normalized spacial score (nSPS) is 12.7. The summed E-state index contributed by atoms with van der Waals surface area (Å²) in [7, 11) is 0. The van der Waals surface area contributed by atoms with Crippen molar-refractivity contribution in [2.75, 3.05) is 25.4 Å². The Bertz CT molecular complexity index is 1130. The number of amides is 1. The molecule has 0 radical (unpaired) electrons. The van der Waals surface area contributed by atoms with E-state index in [2.05, 4.69) is 29.2 Å². The number of primary amides is 1. The predicted octanol–water partition coefficient (Wildman–Crippen LogP) is 2.90. The molecule has 1 heterocycles. The van der Waals surface area contributed by atoms with Crippen LogP contribution in [-0.4, -0.2) is 46.9 Å². The molecule has 8 nitrogen and oxygen atoms in total. The quantitative estimate of drug-likeness (QED) is 0.223. The first-order valence-electron chi connectivity index (χ1n) is 10.5. The van der Waals surface area contributed by atoms with Gasteiger partial charge in [-0.15, -0.1) is 0 Å². The van der Waals surface area contributed by atoms with Crippen LogP contribution < -0.4 is 16.2 Å². The van der Waals surface area contributed by atoms with Crippen LogP contribution in [0.1, 0.15) is 27.0 Å². The van der Waals surface area contributed by atoms with E-state index < -0.39 is 5.91 Å². The van der Waals surface area contributed by atoms with E-state index in [0.29, 0.717) is 23.5 Å². The summed E-state index contributed by atoms with van der Waals surface area (Å²) in [6.45, 7) is 3.48. The van der Waals surface area contributed by atoms with Crippen LogP contribution >= 0.6 is 0 Å². The van der Waals surface area contributed by atoms with E-state index in [1.54, 1.807) is 18.2 Å². The molecular weight excluding hydrogens is 420 g/mol. The van der Waals surface area contributed by atoms with Crippen molar-refractivity contribution >= 4 is 17.8 Å². The van der Waals surface area contributed by atoms with Crippen LogP contribution in [-0.2, 0) is 13.0 Å². The standard InChI is InChI=1S/C18H20N2O2.C7H8N2O2/c19-12-15-5-6-17(11-18(15)21)22-10-9-20-8-7-14-3-1-2-4-16(14)13-20;8-5-3-4(7(9)11)1-2-6(5)10/h1-6,11-12,19,21H,7-10,13H2;1-3,10H,8H2,(H2,9,11). The number of aromatic hydroxyl groups is 2. The zero-order valence-corrected chi connectivity index (χ0v) is 18.2. The summed E-state index contributed by atoms with van der Waals surface area (Å²) in [4.78, 5) is 12.9. The summed E-state index contributed by atoms with van der Waals surface area (Å²) in [5.41, 5.74) is 14.1. The summed E-state index contributed by atoms with van der Waals surface area (Å²) < 4.78 is 5.70. The van der Waals surface area contributed by atoms with Gasteiger partial charge in [-0.25, -0.2) is 0 Å². The number of benzene rings is 3. The Morgan fingerprint density at radius 1 is 1.06 bits per heavy atom. The first-order chi connectivity index (χ1) is 15.9. The first kappa shape index (κ1) is 23.6. The zero-order chi connectivity index (χ0) is 23.8. The van der Waals surface area contributed by atoms with Crippen LogP contribution in [0.5, 0.6) is 17.2 Å². The van der Waals surface area contributed by atoms with Crippen molar-refractivity contribution in [2.45, 2.75) is 13.0 Å². The molecule has 0 aliphatic carbocycles. The van der Waals surface area contributed by atoms with Crippen LogP contribution in [0.4, 0.5) is 5.69 Å². The molecule has 1 aliphatic heterocycles. The highest BCUT2D eigenvalue weighted by atomic mass is 16.5. The highest BCUT2D eigenvalue weighted by molar-refractivity contribution is 5.94. The lowest BCUT2D eigenvalue weighted by Crippen LogP contribution is -2.33. The van der Waals surface area contributed by atoms with Crippen molar-refractivity contribution in [2.24, 2.45) is 5.73 Å². The predicted molar refractivity (Wildman–Crippen MR) is 128 cm³/mol. The largest absolute Gasteiger partial charge is 0.507 e. The van der Waals surface area contributed by atoms with Crippen LogP contribution in [0.2, 0.25) is 0 Å². The van der Waals surface area contributed by atoms with Gasteiger partial charge in [-0.1, -0.05) is 24.3 Å². The molecule has 1 aliphatic rings. The maximum Gasteiger partial charge on any atom is 0.248 e. The Morgan fingerprint density at radius 2 is 1.82 bits per heavy atom. The molecule has 0 unspecified atom stereocenters. The monoisotopic (exact) mass is 448 g/mol. The molecule has 4 rings (SSSR count). The molecule has 0 fully saturated rings. The lowest BCUT2D eigenvalue weighted by atomic mass is 10.0. The molecule has 3 aromatic carbocycles. The van der Waals surface area contributed by atoms with E-state index in [4.69, 9.17) is 26.7 Å². The van der Waals surface area contributed by atoms with Crippen LogP contribution in [0, 0.1) is 5.41 Å². The zero-order valence-electron chi connectivity index (χ0n) is 18.2. The van der Waals surface area contributed by atoms with Crippen LogP contribution in [0.15, 0.2) is 60.7 Å². The lowest BCUT2D eigenvalue weighted by Gasteiger charge is -2.28. The second-order valence-electron chi connectivity index (χ2n) is 7.65.